The molecule has 5 heteroatoms. The van der Waals surface area contributed by atoms with E-state index in [1.807, 2.05) is 0 Å². The predicted molar refractivity (Wildman–Crippen MR) is 460 cm³/mol. The number of para-hydroxylation sites is 4. The quantitative estimate of drug-likeness (QED) is 0.0613. The van der Waals surface area contributed by atoms with Crippen molar-refractivity contribution in [3.63, 3.8) is 0 Å². The minimum absolute atomic E-state index is 0.141. The highest BCUT2D eigenvalue weighted by Crippen LogP contribution is 2.48. The highest BCUT2D eigenvalue weighted by molar-refractivity contribution is 7.00. The zero-order chi connectivity index (χ0) is 70.9. The van der Waals surface area contributed by atoms with Crippen molar-refractivity contribution in [3.8, 4) is 61.3 Å². The molecule has 4 heterocycles. The van der Waals surface area contributed by atoms with E-state index in [2.05, 4.69) is 389 Å². The van der Waals surface area contributed by atoms with Crippen molar-refractivity contribution in [2.24, 2.45) is 0 Å². The van der Waals surface area contributed by atoms with Gasteiger partial charge in [0, 0.05) is 80.6 Å². The molecule has 0 fully saturated rings. The topological polar surface area (TPSA) is 16.3 Å². The number of hydrogen-bond donors (Lipinski definition) is 0. The Morgan fingerprint density at radius 2 is 0.639 bits per heavy atom. The maximum absolute atomic E-state index is 2.77. The highest BCUT2D eigenvalue weighted by Gasteiger charge is 2.44. The second-order valence-corrected chi connectivity index (χ2v) is 29.5. The van der Waals surface area contributed by atoms with Crippen LogP contribution in [-0.4, -0.2) is 28.9 Å². The summed E-state index contributed by atoms with van der Waals surface area (Å²) in [6.45, 7) is 1.92. The predicted octanol–water partition coefficient (Wildman–Crippen LogP) is 24.2. The number of hydrogen-bond acceptors (Lipinski definition) is 2. The Morgan fingerprint density at radius 3 is 1.14 bits per heavy atom. The van der Waals surface area contributed by atoms with Gasteiger partial charge in [-0.15, -0.1) is 0 Å². The summed E-state index contributed by atoms with van der Waals surface area (Å²) in [4.78, 5) is 5.54. The summed E-state index contributed by atoms with van der Waals surface area (Å²) in [6, 6.07) is 140. The summed E-state index contributed by atoms with van der Waals surface area (Å²) in [5, 5.41) is 15.4. The molecule has 0 N–H and O–H groups in total. The van der Waals surface area contributed by atoms with Crippen LogP contribution in [0.1, 0.15) is 16.7 Å². The number of fused-ring (bicyclic) bond motifs is 12. The van der Waals surface area contributed by atoms with Gasteiger partial charge in [0.2, 0.25) is 0 Å². The molecule has 2 aromatic heterocycles. The molecular formula is C103H71BN4. The summed E-state index contributed by atoms with van der Waals surface area (Å²) >= 11 is 0. The average molecular weight is 1380 g/mol. The van der Waals surface area contributed by atoms with E-state index in [0.717, 1.165) is 18.5 Å². The molecule has 20 aromatic rings. The maximum atomic E-state index is 2.77. The summed E-state index contributed by atoms with van der Waals surface area (Å²) in [7, 11) is 0. The van der Waals surface area contributed by atoms with Gasteiger partial charge in [0.25, 0.3) is 6.71 Å². The minimum Gasteiger partial charge on any atom is -0.342 e. The third-order valence-corrected chi connectivity index (χ3v) is 23.9. The summed E-state index contributed by atoms with van der Waals surface area (Å²) in [6.07, 6.45) is 1.53. The number of aromatic nitrogens is 2. The molecule has 0 amide bonds. The Morgan fingerprint density at radius 1 is 0.250 bits per heavy atom. The Balaban J connectivity index is 0.819. The molecule has 0 radical (unpaired) electrons. The van der Waals surface area contributed by atoms with Crippen molar-refractivity contribution in [2.75, 3.05) is 22.9 Å². The lowest BCUT2D eigenvalue weighted by Gasteiger charge is -2.45. The summed E-state index contributed by atoms with van der Waals surface area (Å²) in [5.74, 6) is 0. The molecule has 0 bridgehead atoms. The van der Waals surface area contributed by atoms with E-state index in [0.29, 0.717) is 19.6 Å². The Bertz CT molecular complexity index is 6700. The Kier molecular flexibility index (Phi) is 14.4. The van der Waals surface area contributed by atoms with Gasteiger partial charge in [-0.05, 0) is 199 Å². The van der Waals surface area contributed by atoms with Crippen molar-refractivity contribution in [1.29, 1.82) is 0 Å². The van der Waals surface area contributed by atoms with Crippen LogP contribution in [0.15, 0.2) is 370 Å². The molecule has 0 unspecified atom stereocenters. The van der Waals surface area contributed by atoms with Crippen molar-refractivity contribution in [2.45, 2.75) is 19.4 Å². The number of benzene rings is 18. The molecule has 18 aromatic carbocycles. The molecule has 0 spiro atoms. The van der Waals surface area contributed by atoms with Crippen LogP contribution in [0, 0.1) is 0 Å². The second-order valence-electron chi connectivity index (χ2n) is 29.5. The molecule has 0 saturated carbocycles. The minimum atomic E-state index is -0.141. The lowest BCUT2D eigenvalue weighted by Crippen LogP contribution is -2.62. The Hall–Kier alpha value is -13.5. The van der Waals surface area contributed by atoms with E-state index in [-0.39, 0.29) is 6.71 Å². The standard InChI is InChI=1S/C103H71BN4/c1-5-26-68(27-6-1)75-40-23-41-76(69-28-7-2-8-29-69)80(75)58-60-105-97-64-73(79-54-55-90-88-45-22-35-72-34-21-44-87(101(72)88)89-47-25-46-86(79)102(89)90)52-56-91(97)104-92-57-53-74(108-95-50-19-15-38-84(95)85-39-16-20-51-96(85)108)65-98(92)106(61-59-81-77(70-30-9-3-10-31-70)42-24-43-78(81)71-32-11-4-12-33-71)100-63-67(62-99(105)103(100)104)66-107-93-48-17-13-36-82(93)83-37-14-18-49-94(83)107/h1-57,62-65H,58-61,66H2. The average Bonchev–Trinajstić information content (AvgIpc) is 0.850. The SMILES string of the molecule is c1ccc(-c2cccc(-c3ccccc3)c2CCN2c3cc(-c4ccc5c6cccc7cccc(c8cccc4c85)c76)ccc3B3c4ccc(-n5c6ccccc6c6ccccc65)cc4N(CCc4c(-c5ccccc5)cccc4-c4ccccc4)c4cc(Cn5c6ccccc6c6ccccc65)cc2c43)cc1. The first-order valence-corrected chi connectivity index (χ1v) is 38.1. The number of nitrogens with zero attached hydrogens (tertiary/aromatic N) is 4. The molecule has 0 saturated heterocycles. The van der Waals surface area contributed by atoms with Crippen molar-refractivity contribution >= 4 is 133 Å². The smallest absolute Gasteiger partial charge is 0.252 e. The van der Waals surface area contributed by atoms with Gasteiger partial charge in [-0.3, -0.25) is 0 Å². The van der Waals surface area contributed by atoms with E-state index in [9.17, 15) is 0 Å². The normalized spacial score (nSPS) is 12.6. The van der Waals surface area contributed by atoms with E-state index >= 15 is 0 Å². The van der Waals surface area contributed by atoms with Gasteiger partial charge >= 0.3 is 0 Å². The zero-order valence-corrected chi connectivity index (χ0v) is 59.6. The van der Waals surface area contributed by atoms with Crippen molar-refractivity contribution in [1.82, 2.24) is 9.13 Å². The maximum Gasteiger partial charge on any atom is 0.252 e. The Labute approximate surface area is 627 Å². The molecule has 2 aliphatic heterocycles. The van der Waals surface area contributed by atoms with Gasteiger partial charge in [-0.25, -0.2) is 0 Å². The molecular weight excluding hydrogens is 1300 g/mol. The zero-order valence-electron chi connectivity index (χ0n) is 59.6. The molecule has 108 heavy (non-hydrogen) atoms. The molecule has 2 aliphatic rings. The summed E-state index contributed by atoms with van der Waals surface area (Å²) < 4.78 is 5.10. The van der Waals surface area contributed by atoms with Crippen LogP contribution >= 0.6 is 0 Å². The molecule has 506 valence electrons. The van der Waals surface area contributed by atoms with Crippen LogP contribution in [0.2, 0.25) is 0 Å². The fraction of sp³-hybridized carbons (Fsp3) is 0.0485. The van der Waals surface area contributed by atoms with Gasteiger partial charge in [-0.1, -0.05) is 315 Å². The van der Waals surface area contributed by atoms with Crippen LogP contribution < -0.4 is 26.2 Å². The highest BCUT2D eigenvalue weighted by atomic mass is 15.2. The molecule has 22 rings (SSSR count). The van der Waals surface area contributed by atoms with Crippen molar-refractivity contribution in [3.05, 3.63) is 387 Å². The first-order valence-electron chi connectivity index (χ1n) is 38.1. The lowest BCUT2D eigenvalue weighted by atomic mass is 9.33. The summed E-state index contributed by atoms with van der Waals surface area (Å²) in [5.41, 5.74) is 31.1. The second kappa shape index (κ2) is 25.1. The lowest BCUT2D eigenvalue weighted by molar-refractivity contribution is 0.860. The van der Waals surface area contributed by atoms with Crippen LogP contribution in [0.3, 0.4) is 0 Å². The number of anilines is 4. The van der Waals surface area contributed by atoms with Gasteiger partial charge < -0.3 is 18.9 Å². The number of rotatable bonds is 14. The first kappa shape index (κ1) is 62.0. The third kappa shape index (κ3) is 9.78. The first-order chi connectivity index (χ1) is 53.6. The molecule has 0 atom stereocenters. The van der Waals surface area contributed by atoms with Crippen LogP contribution in [0.5, 0.6) is 0 Å². The van der Waals surface area contributed by atoms with E-state index in [1.54, 1.807) is 0 Å². The van der Waals surface area contributed by atoms with Gasteiger partial charge in [-0.2, -0.15) is 0 Å². The van der Waals surface area contributed by atoms with E-state index in [1.165, 1.54) is 198 Å². The van der Waals surface area contributed by atoms with Crippen LogP contribution in [0.4, 0.5) is 22.7 Å². The van der Waals surface area contributed by atoms with E-state index < -0.39 is 0 Å². The van der Waals surface area contributed by atoms with Gasteiger partial charge in [0.1, 0.15) is 0 Å². The largest absolute Gasteiger partial charge is 0.342 e. The van der Waals surface area contributed by atoms with Gasteiger partial charge in [0.05, 0.1) is 11.0 Å². The third-order valence-electron chi connectivity index (χ3n) is 23.9. The molecule has 4 nitrogen and oxygen atoms in total. The van der Waals surface area contributed by atoms with Crippen LogP contribution in [-0.2, 0) is 19.4 Å². The van der Waals surface area contributed by atoms with Gasteiger partial charge in [0.15, 0.2) is 0 Å². The van der Waals surface area contributed by atoms with Crippen LogP contribution in [0.25, 0.3) is 148 Å². The van der Waals surface area contributed by atoms with Crippen molar-refractivity contribution < 1.29 is 0 Å². The fourth-order valence-electron chi connectivity index (χ4n) is 19.2. The molecule has 0 aliphatic carbocycles. The van der Waals surface area contributed by atoms with E-state index in [4.69, 9.17) is 0 Å². The monoisotopic (exact) mass is 1370 g/mol. The fourth-order valence-corrected chi connectivity index (χ4v) is 19.2.